The number of nitriles is 1. The molecule has 0 spiro atoms. The van der Waals surface area contributed by atoms with Crippen molar-refractivity contribution in [3.05, 3.63) is 60.2 Å². The van der Waals surface area contributed by atoms with Crippen LogP contribution in [-0.2, 0) is 0 Å². The largest absolute Gasteiger partial charge is 0.307 e. The van der Waals surface area contributed by atoms with E-state index in [1.807, 2.05) is 30.3 Å². The number of carbonyl (C=O) groups is 1. The molecule has 4 heteroatoms. The van der Waals surface area contributed by atoms with Crippen molar-refractivity contribution < 1.29 is 4.79 Å². The molecule has 0 bridgehead atoms. The molecule has 3 nitrogen and oxygen atoms in total. The third-order valence-corrected chi connectivity index (χ3v) is 3.17. The fourth-order valence-corrected chi connectivity index (χ4v) is 2.03. The third-order valence-electron chi connectivity index (χ3n) is 2.87. The Kier molecular flexibility index (Phi) is 4.80. The average molecular weight is 282 g/mol. The monoisotopic (exact) mass is 282 g/mol. The van der Waals surface area contributed by atoms with E-state index in [-0.39, 0.29) is 5.91 Å². The zero-order valence-corrected chi connectivity index (χ0v) is 11.8. The Hall–Kier alpha value is -2.25. The molecule has 0 unspecified atom stereocenters. The van der Waals surface area contributed by atoms with Crippen molar-refractivity contribution in [3.63, 3.8) is 0 Å². The van der Waals surface area contributed by atoms with Gasteiger partial charge in [-0.1, -0.05) is 18.2 Å². The molecule has 0 atom stereocenters. The third kappa shape index (κ3) is 3.40. The van der Waals surface area contributed by atoms with Crippen molar-refractivity contribution in [3.8, 4) is 6.07 Å². The van der Waals surface area contributed by atoms with Crippen LogP contribution in [0.1, 0.15) is 16.8 Å². The second kappa shape index (κ2) is 6.78. The lowest BCUT2D eigenvalue weighted by Gasteiger charge is -2.21. The predicted molar refractivity (Wildman–Crippen MR) is 82.0 cm³/mol. The van der Waals surface area contributed by atoms with Crippen molar-refractivity contribution >= 4 is 24.2 Å². The van der Waals surface area contributed by atoms with Crippen LogP contribution in [0.25, 0.3) is 0 Å². The van der Waals surface area contributed by atoms with Gasteiger partial charge in [-0.25, -0.2) is 0 Å². The van der Waals surface area contributed by atoms with Crippen LogP contribution in [0.15, 0.2) is 59.5 Å². The molecule has 0 aliphatic heterocycles. The molecular weight excluding hydrogens is 268 g/mol. The number of thiol groups is 1. The number of amides is 1. The van der Waals surface area contributed by atoms with Crippen molar-refractivity contribution in [2.24, 2.45) is 0 Å². The Morgan fingerprint density at radius 2 is 1.75 bits per heavy atom. The van der Waals surface area contributed by atoms with Gasteiger partial charge in [-0.2, -0.15) is 5.26 Å². The van der Waals surface area contributed by atoms with E-state index in [1.165, 1.54) is 0 Å². The van der Waals surface area contributed by atoms with Crippen LogP contribution in [0.4, 0.5) is 5.69 Å². The average Bonchev–Trinajstić information content (AvgIpc) is 2.49. The van der Waals surface area contributed by atoms with Crippen molar-refractivity contribution in [2.45, 2.75) is 11.3 Å². The molecule has 1 amide bonds. The van der Waals surface area contributed by atoms with Gasteiger partial charge in [-0.3, -0.25) is 4.79 Å². The molecule has 20 heavy (non-hydrogen) atoms. The fourth-order valence-electron chi connectivity index (χ4n) is 1.88. The molecule has 0 saturated carbocycles. The molecule has 0 aliphatic rings. The van der Waals surface area contributed by atoms with E-state index in [4.69, 9.17) is 5.26 Å². The van der Waals surface area contributed by atoms with Crippen LogP contribution in [0.2, 0.25) is 0 Å². The molecule has 0 radical (unpaired) electrons. The van der Waals surface area contributed by atoms with E-state index in [2.05, 4.69) is 18.7 Å². The fraction of sp³-hybridized carbons (Fsp3) is 0.125. The Morgan fingerprint density at radius 1 is 1.10 bits per heavy atom. The van der Waals surface area contributed by atoms with E-state index in [1.54, 1.807) is 29.2 Å². The number of carbonyl (C=O) groups excluding carboxylic acids is 1. The lowest BCUT2D eigenvalue weighted by molar-refractivity contribution is 0.0987. The minimum atomic E-state index is -0.111. The van der Waals surface area contributed by atoms with Gasteiger partial charge in [0, 0.05) is 22.7 Å². The van der Waals surface area contributed by atoms with Gasteiger partial charge in [-0.05, 0) is 36.4 Å². The first kappa shape index (κ1) is 14.2. The maximum Gasteiger partial charge on any atom is 0.258 e. The predicted octanol–water partition coefficient (Wildman–Crippen LogP) is 3.54. The van der Waals surface area contributed by atoms with Gasteiger partial charge in [0.15, 0.2) is 0 Å². The Morgan fingerprint density at radius 3 is 2.35 bits per heavy atom. The summed E-state index contributed by atoms with van der Waals surface area (Å²) in [6.45, 7) is 0.377. The summed E-state index contributed by atoms with van der Waals surface area (Å²) in [6.07, 6.45) is 0.297. The molecule has 0 N–H and O–H groups in total. The molecule has 0 aromatic heterocycles. The topological polar surface area (TPSA) is 44.1 Å². The molecular formula is C16H14N2OS. The highest BCUT2D eigenvalue weighted by atomic mass is 32.1. The van der Waals surface area contributed by atoms with Crippen LogP contribution in [0, 0.1) is 11.3 Å². The zero-order valence-electron chi connectivity index (χ0n) is 10.9. The number of hydrogen-bond acceptors (Lipinski definition) is 3. The number of hydrogen-bond donors (Lipinski definition) is 1. The maximum atomic E-state index is 12.6. The second-order valence-electron chi connectivity index (χ2n) is 4.25. The van der Waals surface area contributed by atoms with E-state index in [9.17, 15) is 4.79 Å². The first-order valence-corrected chi connectivity index (χ1v) is 6.70. The van der Waals surface area contributed by atoms with Crippen molar-refractivity contribution in [2.75, 3.05) is 11.4 Å². The molecule has 0 heterocycles. The molecule has 2 rings (SSSR count). The second-order valence-corrected chi connectivity index (χ2v) is 4.76. The standard InChI is InChI=1S/C16H14N2OS/c17-11-4-12-18(14-5-2-1-3-6-14)16(19)13-7-9-15(20)10-8-13/h1-3,5-10,20H,4,12H2. The van der Waals surface area contributed by atoms with E-state index in [0.717, 1.165) is 10.6 Å². The quantitative estimate of drug-likeness (QED) is 0.872. The van der Waals surface area contributed by atoms with Crippen LogP contribution < -0.4 is 4.90 Å². The van der Waals surface area contributed by atoms with Gasteiger partial charge in [0.1, 0.15) is 0 Å². The smallest absolute Gasteiger partial charge is 0.258 e. The summed E-state index contributed by atoms with van der Waals surface area (Å²) < 4.78 is 0. The molecule has 2 aromatic carbocycles. The Balaban J connectivity index is 2.29. The normalized spacial score (nSPS) is 9.80. The van der Waals surface area contributed by atoms with Gasteiger partial charge < -0.3 is 4.90 Å². The highest BCUT2D eigenvalue weighted by molar-refractivity contribution is 7.80. The first-order valence-electron chi connectivity index (χ1n) is 6.25. The SMILES string of the molecule is N#CCCN(C(=O)c1ccc(S)cc1)c1ccccc1. The summed E-state index contributed by atoms with van der Waals surface area (Å²) in [4.78, 5) is 15.0. The maximum absolute atomic E-state index is 12.6. The summed E-state index contributed by atoms with van der Waals surface area (Å²) in [5.74, 6) is -0.111. The number of rotatable bonds is 4. The minimum absolute atomic E-state index is 0.111. The minimum Gasteiger partial charge on any atom is -0.307 e. The Labute approximate surface area is 123 Å². The van der Waals surface area contributed by atoms with Crippen LogP contribution in [-0.4, -0.2) is 12.5 Å². The lowest BCUT2D eigenvalue weighted by atomic mass is 10.1. The summed E-state index contributed by atoms with van der Waals surface area (Å²) in [5.41, 5.74) is 1.38. The molecule has 2 aromatic rings. The molecule has 0 fully saturated rings. The van der Waals surface area contributed by atoms with Crippen LogP contribution >= 0.6 is 12.6 Å². The van der Waals surface area contributed by atoms with Gasteiger partial charge in [-0.15, -0.1) is 12.6 Å². The zero-order chi connectivity index (χ0) is 14.4. The van der Waals surface area contributed by atoms with E-state index >= 15 is 0 Å². The number of anilines is 1. The number of benzene rings is 2. The molecule has 0 saturated heterocycles. The number of nitrogens with zero attached hydrogens (tertiary/aromatic N) is 2. The van der Waals surface area contributed by atoms with Gasteiger partial charge >= 0.3 is 0 Å². The summed E-state index contributed by atoms with van der Waals surface area (Å²) in [5, 5.41) is 8.75. The highest BCUT2D eigenvalue weighted by Gasteiger charge is 2.16. The van der Waals surface area contributed by atoms with Gasteiger partial charge in [0.25, 0.3) is 5.91 Å². The van der Waals surface area contributed by atoms with Gasteiger partial charge in [0.2, 0.25) is 0 Å². The van der Waals surface area contributed by atoms with Crippen LogP contribution in [0.3, 0.4) is 0 Å². The summed E-state index contributed by atoms with van der Waals surface area (Å²) in [6, 6.07) is 18.5. The van der Waals surface area contributed by atoms with Crippen LogP contribution in [0.5, 0.6) is 0 Å². The van der Waals surface area contributed by atoms with Crippen molar-refractivity contribution in [1.29, 1.82) is 5.26 Å². The number of para-hydroxylation sites is 1. The van der Waals surface area contributed by atoms with E-state index in [0.29, 0.717) is 18.5 Å². The molecule has 0 aliphatic carbocycles. The van der Waals surface area contributed by atoms with E-state index < -0.39 is 0 Å². The Bertz CT molecular complexity index is 617. The lowest BCUT2D eigenvalue weighted by Crippen LogP contribution is -2.31. The highest BCUT2D eigenvalue weighted by Crippen LogP contribution is 2.18. The summed E-state index contributed by atoms with van der Waals surface area (Å²) >= 11 is 4.21. The van der Waals surface area contributed by atoms with Crippen molar-refractivity contribution in [1.82, 2.24) is 0 Å². The summed E-state index contributed by atoms with van der Waals surface area (Å²) in [7, 11) is 0. The first-order chi connectivity index (χ1) is 9.72. The van der Waals surface area contributed by atoms with Gasteiger partial charge in [0.05, 0.1) is 12.5 Å². The molecule has 100 valence electrons.